The van der Waals surface area contributed by atoms with Crippen LogP contribution in [-0.4, -0.2) is 50.3 Å². The fraction of sp³-hybridized carbons (Fsp3) is 0.400. The fourth-order valence-corrected chi connectivity index (χ4v) is 6.26. The number of nitrogens with zero attached hydrogens (tertiary/aromatic N) is 2. The van der Waals surface area contributed by atoms with Gasteiger partial charge in [0.2, 0.25) is 10.0 Å². The van der Waals surface area contributed by atoms with Gasteiger partial charge in [-0.25, -0.2) is 8.42 Å². The number of aromatic nitrogens is 1. The second-order valence-corrected chi connectivity index (χ2v) is 10.6. The van der Waals surface area contributed by atoms with E-state index in [0.29, 0.717) is 30.4 Å². The third-order valence-corrected chi connectivity index (χ3v) is 8.36. The summed E-state index contributed by atoms with van der Waals surface area (Å²) < 4.78 is 51.6. The summed E-state index contributed by atoms with van der Waals surface area (Å²) >= 11 is 0. The van der Waals surface area contributed by atoms with Crippen molar-refractivity contribution < 1.29 is 27.2 Å². The number of rotatable bonds is 5. The first-order chi connectivity index (χ1) is 16.3. The molecule has 1 aromatic heterocycles. The lowest BCUT2D eigenvalue weighted by Crippen LogP contribution is -2.33. The van der Waals surface area contributed by atoms with E-state index in [9.17, 15) is 8.42 Å². The Hall–Kier alpha value is -2.88. The van der Waals surface area contributed by atoms with Crippen LogP contribution in [0.1, 0.15) is 29.0 Å². The highest BCUT2D eigenvalue weighted by atomic mass is 32.2. The summed E-state index contributed by atoms with van der Waals surface area (Å²) in [7, 11) is -3.83. The first-order valence-corrected chi connectivity index (χ1v) is 12.8. The summed E-state index contributed by atoms with van der Waals surface area (Å²) in [5, 5.41) is 3.84. The molecule has 180 valence electrons. The van der Waals surface area contributed by atoms with Gasteiger partial charge in [-0.2, -0.15) is 4.31 Å². The summed E-state index contributed by atoms with van der Waals surface area (Å²) in [4.78, 5) is 0.116. The van der Waals surface area contributed by atoms with Crippen molar-refractivity contribution in [3.8, 4) is 22.6 Å². The SMILES string of the molecule is Cc1ccccc1-c1cc2c(c(O[C@H]3CCOC3)c1)OCCN(S(=O)(=O)c1c(C)noc1C)C2. The molecule has 0 N–H and O–H groups in total. The van der Waals surface area contributed by atoms with Crippen molar-refractivity contribution in [2.45, 2.75) is 44.7 Å². The Kier molecular flexibility index (Phi) is 6.09. The monoisotopic (exact) mass is 484 g/mol. The number of aryl methyl sites for hydroxylation is 3. The minimum Gasteiger partial charge on any atom is -0.488 e. The highest BCUT2D eigenvalue weighted by Crippen LogP contribution is 2.41. The van der Waals surface area contributed by atoms with Gasteiger partial charge >= 0.3 is 0 Å². The summed E-state index contributed by atoms with van der Waals surface area (Å²) in [5.74, 6) is 1.48. The van der Waals surface area contributed by atoms with Crippen LogP contribution in [0.3, 0.4) is 0 Å². The molecule has 2 aliphatic rings. The zero-order valence-electron chi connectivity index (χ0n) is 19.5. The van der Waals surface area contributed by atoms with Gasteiger partial charge in [-0.05, 0) is 49.6 Å². The molecule has 0 saturated carbocycles. The van der Waals surface area contributed by atoms with Gasteiger partial charge in [0, 0.05) is 25.1 Å². The van der Waals surface area contributed by atoms with Crippen LogP contribution in [0.15, 0.2) is 45.8 Å². The van der Waals surface area contributed by atoms with Gasteiger partial charge in [0.05, 0.1) is 13.2 Å². The summed E-state index contributed by atoms with van der Waals surface area (Å²) in [6, 6.07) is 12.1. The van der Waals surface area contributed by atoms with E-state index >= 15 is 0 Å². The van der Waals surface area contributed by atoms with Gasteiger partial charge in [-0.3, -0.25) is 0 Å². The van der Waals surface area contributed by atoms with E-state index < -0.39 is 10.0 Å². The van der Waals surface area contributed by atoms with Crippen molar-refractivity contribution in [2.75, 3.05) is 26.4 Å². The molecule has 0 spiro atoms. The van der Waals surface area contributed by atoms with Gasteiger partial charge < -0.3 is 18.7 Å². The molecule has 5 rings (SSSR count). The number of fused-ring (bicyclic) bond motifs is 1. The summed E-state index contributed by atoms with van der Waals surface area (Å²) in [6.45, 7) is 7.04. The first-order valence-electron chi connectivity index (χ1n) is 11.4. The maximum atomic E-state index is 13.5. The van der Waals surface area contributed by atoms with Crippen LogP contribution < -0.4 is 9.47 Å². The number of hydrogen-bond acceptors (Lipinski definition) is 7. The van der Waals surface area contributed by atoms with Crippen LogP contribution in [0.5, 0.6) is 11.5 Å². The van der Waals surface area contributed by atoms with E-state index in [4.69, 9.17) is 18.7 Å². The molecule has 1 fully saturated rings. The van der Waals surface area contributed by atoms with Crippen molar-refractivity contribution in [3.05, 3.63) is 59.0 Å². The predicted octanol–water partition coefficient (Wildman–Crippen LogP) is 4.02. The van der Waals surface area contributed by atoms with Crippen LogP contribution in [0.25, 0.3) is 11.1 Å². The molecule has 2 aliphatic heterocycles. The standard InChI is InChI=1S/C25H28N2O6S/c1-16-6-4-5-7-22(16)19-12-20-14-27(34(28,29)25-17(2)26-33-18(25)3)9-11-31-24(20)23(13-19)32-21-8-10-30-15-21/h4-7,12-13,21H,8-11,14-15H2,1-3H3/t21-/m0/s1. The Morgan fingerprint density at radius 3 is 2.65 bits per heavy atom. The van der Waals surface area contributed by atoms with Crippen LogP contribution >= 0.6 is 0 Å². The van der Waals surface area contributed by atoms with Gasteiger partial charge in [0.25, 0.3) is 0 Å². The lowest BCUT2D eigenvalue weighted by atomic mass is 9.98. The molecular weight excluding hydrogens is 456 g/mol. The molecule has 0 radical (unpaired) electrons. The number of hydrogen-bond donors (Lipinski definition) is 0. The maximum absolute atomic E-state index is 13.5. The number of benzene rings is 2. The zero-order chi connectivity index (χ0) is 23.9. The average molecular weight is 485 g/mol. The zero-order valence-corrected chi connectivity index (χ0v) is 20.4. The highest BCUT2D eigenvalue weighted by molar-refractivity contribution is 7.89. The Labute approximate surface area is 199 Å². The highest BCUT2D eigenvalue weighted by Gasteiger charge is 2.34. The van der Waals surface area contributed by atoms with Crippen LogP contribution in [0.2, 0.25) is 0 Å². The van der Waals surface area contributed by atoms with E-state index in [1.807, 2.05) is 24.3 Å². The maximum Gasteiger partial charge on any atom is 0.248 e. The topological polar surface area (TPSA) is 91.1 Å². The predicted molar refractivity (Wildman–Crippen MR) is 126 cm³/mol. The van der Waals surface area contributed by atoms with Crippen molar-refractivity contribution in [1.82, 2.24) is 9.46 Å². The molecule has 34 heavy (non-hydrogen) atoms. The molecule has 2 aromatic carbocycles. The second kappa shape index (κ2) is 9.05. The van der Waals surface area contributed by atoms with Gasteiger partial charge in [0.15, 0.2) is 17.3 Å². The summed E-state index contributed by atoms with van der Waals surface area (Å²) in [6.07, 6.45) is 0.737. The fourth-order valence-electron chi connectivity index (χ4n) is 4.56. The van der Waals surface area contributed by atoms with Crippen LogP contribution in [0, 0.1) is 20.8 Å². The molecule has 0 bridgehead atoms. The molecule has 3 heterocycles. The molecule has 1 atom stereocenters. The summed E-state index contributed by atoms with van der Waals surface area (Å²) in [5.41, 5.74) is 4.23. The molecule has 1 saturated heterocycles. The third-order valence-electron chi connectivity index (χ3n) is 6.27. The van der Waals surface area contributed by atoms with Crippen molar-refractivity contribution in [3.63, 3.8) is 0 Å². The van der Waals surface area contributed by atoms with Gasteiger partial charge in [0.1, 0.15) is 23.3 Å². The lowest BCUT2D eigenvalue weighted by molar-refractivity contribution is 0.137. The van der Waals surface area contributed by atoms with Gasteiger partial charge in [-0.15, -0.1) is 0 Å². The van der Waals surface area contributed by atoms with E-state index in [1.54, 1.807) is 13.8 Å². The smallest absolute Gasteiger partial charge is 0.248 e. The van der Waals surface area contributed by atoms with E-state index in [1.165, 1.54) is 4.31 Å². The molecular formula is C25H28N2O6S. The first kappa shape index (κ1) is 22.9. The van der Waals surface area contributed by atoms with Gasteiger partial charge in [-0.1, -0.05) is 29.4 Å². The molecule has 3 aromatic rings. The Balaban J connectivity index is 1.59. The van der Waals surface area contributed by atoms with E-state index in [2.05, 4.69) is 24.2 Å². The van der Waals surface area contributed by atoms with Crippen molar-refractivity contribution in [1.29, 1.82) is 0 Å². The Morgan fingerprint density at radius 2 is 1.94 bits per heavy atom. The molecule has 0 unspecified atom stereocenters. The van der Waals surface area contributed by atoms with Crippen LogP contribution in [-0.2, 0) is 21.3 Å². The lowest BCUT2D eigenvalue weighted by Gasteiger charge is -2.21. The van der Waals surface area contributed by atoms with E-state index in [0.717, 1.165) is 28.7 Å². The largest absolute Gasteiger partial charge is 0.488 e. The number of ether oxygens (including phenoxy) is 3. The Morgan fingerprint density at radius 1 is 1.12 bits per heavy atom. The van der Waals surface area contributed by atoms with E-state index in [-0.39, 0.29) is 36.5 Å². The van der Waals surface area contributed by atoms with Crippen LogP contribution in [0.4, 0.5) is 0 Å². The molecule has 0 aliphatic carbocycles. The second-order valence-electron chi connectivity index (χ2n) is 8.72. The molecule has 0 amide bonds. The minimum absolute atomic E-state index is 0.0646. The third kappa shape index (κ3) is 4.19. The average Bonchev–Trinajstić information content (AvgIpc) is 3.37. The normalized spacial score (nSPS) is 18.9. The number of sulfonamides is 1. The molecule has 9 heteroatoms. The quantitative estimate of drug-likeness (QED) is 0.540. The van der Waals surface area contributed by atoms with Crippen molar-refractivity contribution in [2.24, 2.45) is 0 Å². The van der Waals surface area contributed by atoms with Crippen molar-refractivity contribution >= 4 is 10.0 Å². The minimum atomic E-state index is -3.83. The Bertz CT molecular complexity index is 1290. The molecule has 8 nitrogen and oxygen atoms in total.